The maximum Gasteiger partial charge on any atom is 0.241 e. The third-order valence-electron chi connectivity index (χ3n) is 4.04. The quantitative estimate of drug-likeness (QED) is 0.777. The van der Waals surface area contributed by atoms with E-state index in [1.54, 1.807) is 0 Å². The van der Waals surface area contributed by atoms with Gasteiger partial charge in [0.05, 0.1) is 18.8 Å². The van der Waals surface area contributed by atoms with Crippen LogP contribution in [0.25, 0.3) is 0 Å². The van der Waals surface area contributed by atoms with Crippen LogP contribution in [0.1, 0.15) is 51.9 Å². The zero-order valence-corrected chi connectivity index (χ0v) is 10.7. The number of rotatable bonds is 4. The molecule has 1 saturated carbocycles. The molecule has 2 fully saturated rings. The van der Waals surface area contributed by atoms with Crippen LogP contribution >= 0.6 is 0 Å². The number of carbonyl (C=O) groups excluding carboxylic acids is 1. The molecular weight excluding hydrogens is 216 g/mol. The van der Waals surface area contributed by atoms with Gasteiger partial charge in [0.15, 0.2) is 0 Å². The molecule has 1 unspecified atom stereocenters. The highest BCUT2D eigenvalue weighted by atomic mass is 16.3. The molecule has 4 heteroatoms. The molecule has 1 atom stereocenters. The van der Waals surface area contributed by atoms with Gasteiger partial charge in [-0.1, -0.05) is 19.8 Å². The minimum absolute atomic E-state index is 0.0433. The summed E-state index contributed by atoms with van der Waals surface area (Å²) in [5.74, 6) is 0.278. The smallest absolute Gasteiger partial charge is 0.241 e. The molecule has 0 aromatic carbocycles. The number of nitrogens with zero attached hydrogens (tertiary/aromatic N) is 1. The zero-order valence-electron chi connectivity index (χ0n) is 10.7. The summed E-state index contributed by atoms with van der Waals surface area (Å²) in [7, 11) is 0. The lowest BCUT2D eigenvalue weighted by molar-refractivity contribution is -0.132. The Labute approximate surface area is 103 Å². The van der Waals surface area contributed by atoms with Crippen molar-refractivity contribution in [1.29, 1.82) is 0 Å². The van der Waals surface area contributed by atoms with E-state index in [1.165, 1.54) is 0 Å². The standard InChI is InChI=1S/C13H24N2O2/c1-2-3-4-12-13(17)15(9-14-12)10-5-7-11(16)8-6-10/h10-12,14,16H,2-9H2,1H3. The van der Waals surface area contributed by atoms with Crippen molar-refractivity contribution in [2.24, 2.45) is 0 Å². The average molecular weight is 240 g/mol. The molecule has 2 N–H and O–H groups in total. The number of nitrogens with one attached hydrogen (secondary N) is 1. The molecule has 2 aliphatic rings. The van der Waals surface area contributed by atoms with Crippen LogP contribution in [-0.2, 0) is 4.79 Å². The predicted octanol–water partition coefficient (Wildman–Crippen LogP) is 1.24. The minimum Gasteiger partial charge on any atom is -0.393 e. The highest BCUT2D eigenvalue weighted by molar-refractivity contribution is 5.84. The molecule has 0 bridgehead atoms. The highest BCUT2D eigenvalue weighted by Gasteiger charge is 2.36. The summed E-state index contributed by atoms with van der Waals surface area (Å²) in [5.41, 5.74) is 0. The van der Waals surface area contributed by atoms with Gasteiger partial charge in [-0.2, -0.15) is 0 Å². The van der Waals surface area contributed by atoms with Crippen LogP contribution in [-0.4, -0.2) is 40.8 Å². The van der Waals surface area contributed by atoms with E-state index in [1.807, 2.05) is 4.90 Å². The number of aliphatic hydroxyl groups excluding tert-OH is 1. The van der Waals surface area contributed by atoms with Gasteiger partial charge in [-0.3, -0.25) is 10.1 Å². The first-order chi connectivity index (χ1) is 8.22. The van der Waals surface area contributed by atoms with Gasteiger partial charge in [-0.15, -0.1) is 0 Å². The van der Waals surface area contributed by atoms with E-state index in [0.717, 1.165) is 44.9 Å². The third kappa shape index (κ3) is 2.99. The molecule has 1 heterocycles. The van der Waals surface area contributed by atoms with Crippen molar-refractivity contribution in [2.75, 3.05) is 6.67 Å². The molecule has 1 aliphatic heterocycles. The van der Waals surface area contributed by atoms with Crippen molar-refractivity contribution < 1.29 is 9.90 Å². The minimum atomic E-state index is -0.146. The average Bonchev–Trinajstić information content (AvgIpc) is 2.69. The summed E-state index contributed by atoms with van der Waals surface area (Å²) in [6.45, 7) is 2.85. The van der Waals surface area contributed by atoms with Gasteiger partial charge < -0.3 is 10.0 Å². The van der Waals surface area contributed by atoms with E-state index in [2.05, 4.69) is 12.2 Å². The first-order valence-electron chi connectivity index (χ1n) is 6.94. The molecule has 1 amide bonds. The van der Waals surface area contributed by atoms with E-state index in [0.29, 0.717) is 12.7 Å². The molecule has 1 saturated heterocycles. The fraction of sp³-hybridized carbons (Fsp3) is 0.923. The largest absolute Gasteiger partial charge is 0.393 e. The summed E-state index contributed by atoms with van der Waals surface area (Å²) in [5, 5.41) is 12.8. The summed E-state index contributed by atoms with van der Waals surface area (Å²) in [4.78, 5) is 14.2. The highest BCUT2D eigenvalue weighted by Crippen LogP contribution is 2.25. The molecule has 0 spiro atoms. The number of aliphatic hydroxyl groups is 1. The summed E-state index contributed by atoms with van der Waals surface area (Å²) in [6.07, 6.45) is 6.66. The molecule has 4 nitrogen and oxygen atoms in total. The molecule has 0 aromatic heterocycles. The van der Waals surface area contributed by atoms with Crippen LogP contribution in [0.5, 0.6) is 0 Å². The van der Waals surface area contributed by atoms with Crippen LogP contribution in [0.4, 0.5) is 0 Å². The second-order valence-corrected chi connectivity index (χ2v) is 5.33. The molecular formula is C13H24N2O2. The van der Waals surface area contributed by atoms with Gasteiger partial charge in [-0.05, 0) is 32.1 Å². The lowest BCUT2D eigenvalue weighted by Gasteiger charge is -2.32. The lowest BCUT2D eigenvalue weighted by atomic mass is 9.92. The van der Waals surface area contributed by atoms with Gasteiger partial charge in [-0.25, -0.2) is 0 Å². The fourth-order valence-electron chi connectivity index (χ4n) is 2.89. The van der Waals surface area contributed by atoms with Crippen LogP contribution in [0, 0.1) is 0 Å². The number of amides is 1. The Morgan fingerprint density at radius 2 is 2.06 bits per heavy atom. The zero-order chi connectivity index (χ0) is 12.3. The van der Waals surface area contributed by atoms with E-state index in [-0.39, 0.29) is 18.1 Å². The Hall–Kier alpha value is -0.610. The van der Waals surface area contributed by atoms with Crippen LogP contribution in [0.15, 0.2) is 0 Å². The second-order valence-electron chi connectivity index (χ2n) is 5.33. The maximum absolute atomic E-state index is 12.2. The van der Waals surface area contributed by atoms with Crippen molar-refractivity contribution in [2.45, 2.75) is 70.1 Å². The van der Waals surface area contributed by atoms with E-state index < -0.39 is 0 Å². The van der Waals surface area contributed by atoms with Crippen molar-refractivity contribution in [3.05, 3.63) is 0 Å². The van der Waals surface area contributed by atoms with E-state index in [9.17, 15) is 9.90 Å². The van der Waals surface area contributed by atoms with Gasteiger partial charge in [0, 0.05) is 6.04 Å². The second kappa shape index (κ2) is 5.83. The Balaban J connectivity index is 1.84. The maximum atomic E-state index is 12.2. The molecule has 2 rings (SSSR count). The van der Waals surface area contributed by atoms with Gasteiger partial charge in [0.25, 0.3) is 0 Å². The molecule has 0 aromatic rings. The predicted molar refractivity (Wildman–Crippen MR) is 66.4 cm³/mol. The Kier molecular flexibility index (Phi) is 4.40. The van der Waals surface area contributed by atoms with Crippen LogP contribution < -0.4 is 5.32 Å². The third-order valence-corrected chi connectivity index (χ3v) is 4.04. The fourth-order valence-corrected chi connectivity index (χ4v) is 2.89. The monoisotopic (exact) mass is 240 g/mol. The Morgan fingerprint density at radius 1 is 1.35 bits per heavy atom. The summed E-state index contributed by atoms with van der Waals surface area (Å²) < 4.78 is 0. The van der Waals surface area contributed by atoms with Crippen molar-refractivity contribution in [3.63, 3.8) is 0 Å². The van der Waals surface area contributed by atoms with E-state index >= 15 is 0 Å². The molecule has 17 heavy (non-hydrogen) atoms. The lowest BCUT2D eigenvalue weighted by Crippen LogP contribution is -2.41. The Morgan fingerprint density at radius 3 is 2.71 bits per heavy atom. The molecule has 98 valence electrons. The topological polar surface area (TPSA) is 52.6 Å². The summed E-state index contributed by atoms with van der Waals surface area (Å²) >= 11 is 0. The normalized spacial score (nSPS) is 34.4. The Bertz CT molecular complexity index is 262. The molecule has 0 radical (unpaired) electrons. The first-order valence-corrected chi connectivity index (χ1v) is 6.94. The number of unbranched alkanes of at least 4 members (excludes halogenated alkanes) is 1. The van der Waals surface area contributed by atoms with Crippen LogP contribution in [0.2, 0.25) is 0 Å². The number of hydrogen-bond acceptors (Lipinski definition) is 3. The van der Waals surface area contributed by atoms with Crippen LogP contribution in [0.3, 0.4) is 0 Å². The van der Waals surface area contributed by atoms with Gasteiger partial charge in [0.1, 0.15) is 0 Å². The van der Waals surface area contributed by atoms with E-state index in [4.69, 9.17) is 0 Å². The van der Waals surface area contributed by atoms with Crippen molar-refractivity contribution >= 4 is 5.91 Å². The van der Waals surface area contributed by atoms with Crippen molar-refractivity contribution in [1.82, 2.24) is 10.2 Å². The summed E-state index contributed by atoms with van der Waals surface area (Å²) in [6, 6.07) is 0.395. The first kappa shape index (κ1) is 12.8. The SMILES string of the molecule is CCCCC1NCN(C2CCC(O)CC2)C1=O. The number of hydrogen-bond donors (Lipinski definition) is 2. The number of carbonyl (C=O) groups is 1. The molecule has 1 aliphatic carbocycles. The van der Waals surface area contributed by atoms with Gasteiger partial charge in [0.2, 0.25) is 5.91 Å². The van der Waals surface area contributed by atoms with Crippen molar-refractivity contribution in [3.8, 4) is 0 Å². The van der Waals surface area contributed by atoms with Gasteiger partial charge >= 0.3 is 0 Å².